The summed E-state index contributed by atoms with van der Waals surface area (Å²) >= 11 is 3.02. The molecule has 0 spiro atoms. The van der Waals surface area contributed by atoms with Gasteiger partial charge in [-0.1, -0.05) is 15.9 Å². The third-order valence-corrected chi connectivity index (χ3v) is 2.24. The quantitative estimate of drug-likeness (QED) is 0.753. The zero-order chi connectivity index (χ0) is 10.9. The smallest absolute Gasteiger partial charge is 0.377 e. The molecule has 78 valence electrons. The molecule has 0 saturated carbocycles. The number of alkyl halides is 3. The number of benzene rings is 1. The average Bonchev–Trinajstić information content (AvgIpc) is 2.01. The molecule has 0 aromatic heterocycles. The fourth-order valence-corrected chi connectivity index (χ4v) is 1.49. The number of nitrogens with zero attached hydrogens (tertiary/aromatic N) is 1. The van der Waals surface area contributed by atoms with Gasteiger partial charge < -0.3 is 4.90 Å². The predicted octanol–water partition coefficient (Wildman–Crippen LogP) is 3.53. The zero-order valence-electron chi connectivity index (χ0n) is 7.69. The Morgan fingerprint density at radius 3 is 2.21 bits per heavy atom. The molecule has 5 heteroatoms. The van der Waals surface area contributed by atoms with Gasteiger partial charge in [-0.05, 0) is 18.2 Å². The van der Waals surface area contributed by atoms with Crippen LogP contribution in [-0.2, 0) is 6.18 Å². The Morgan fingerprint density at radius 1 is 1.21 bits per heavy atom. The van der Waals surface area contributed by atoms with E-state index >= 15 is 0 Å². The third-order valence-electron chi connectivity index (χ3n) is 1.75. The molecule has 0 heterocycles. The van der Waals surface area contributed by atoms with Crippen molar-refractivity contribution in [3.8, 4) is 0 Å². The second-order valence-corrected chi connectivity index (χ2v) is 3.97. The normalized spacial score (nSPS) is 11.6. The van der Waals surface area contributed by atoms with E-state index in [0.717, 1.165) is 6.07 Å². The van der Waals surface area contributed by atoms with E-state index in [1.807, 2.05) is 0 Å². The highest BCUT2D eigenvalue weighted by Crippen LogP contribution is 2.37. The molecule has 0 aliphatic heterocycles. The summed E-state index contributed by atoms with van der Waals surface area (Å²) in [7, 11) is 3.16. The second kappa shape index (κ2) is 3.81. The lowest BCUT2D eigenvalue weighted by molar-refractivity contribution is -0.137. The Kier molecular flexibility index (Phi) is 3.09. The van der Waals surface area contributed by atoms with E-state index in [9.17, 15) is 13.2 Å². The lowest BCUT2D eigenvalue weighted by atomic mass is 10.1. The molecule has 0 radical (unpaired) electrons. The van der Waals surface area contributed by atoms with E-state index in [4.69, 9.17) is 0 Å². The van der Waals surface area contributed by atoms with Gasteiger partial charge in [0, 0.05) is 24.3 Å². The first kappa shape index (κ1) is 11.4. The van der Waals surface area contributed by atoms with E-state index in [2.05, 4.69) is 15.9 Å². The monoisotopic (exact) mass is 267 g/mol. The second-order valence-electron chi connectivity index (χ2n) is 3.05. The Labute approximate surface area is 88.7 Å². The van der Waals surface area contributed by atoms with Crippen LogP contribution in [0.25, 0.3) is 0 Å². The van der Waals surface area contributed by atoms with Crippen molar-refractivity contribution in [2.24, 2.45) is 0 Å². The Bertz CT molecular complexity index is 333. The first-order valence-corrected chi connectivity index (χ1v) is 4.65. The Morgan fingerprint density at radius 2 is 1.79 bits per heavy atom. The number of hydrogen-bond acceptors (Lipinski definition) is 1. The van der Waals surface area contributed by atoms with Crippen molar-refractivity contribution in [1.82, 2.24) is 0 Å². The Hall–Kier alpha value is -0.710. The summed E-state index contributed by atoms with van der Waals surface area (Å²) in [5, 5.41) is 0. The lowest BCUT2D eigenvalue weighted by Crippen LogP contribution is -2.16. The first-order valence-electron chi connectivity index (χ1n) is 3.86. The molecular formula is C9H9BrF3N. The van der Waals surface area contributed by atoms with Crippen LogP contribution >= 0.6 is 15.9 Å². The van der Waals surface area contributed by atoms with Crippen LogP contribution < -0.4 is 4.90 Å². The standard InChI is InChI=1S/C9H9BrF3N/c1-14(2)8-4-3-6(10)5-7(8)9(11,12)13/h3-5H,1-2H3. The molecular weight excluding hydrogens is 259 g/mol. The predicted molar refractivity (Wildman–Crippen MR) is 53.5 cm³/mol. The van der Waals surface area contributed by atoms with Crippen LogP contribution in [0.3, 0.4) is 0 Å². The van der Waals surface area contributed by atoms with E-state index in [1.165, 1.54) is 11.0 Å². The van der Waals surface area contributed by atoms with Gasteiger partial charge in [0.1, 0.15) is 0 Å². The molecule has 0 aliphatic carbocycles. The summed E-state index contributed by atoms with van der Waals surface area (Å²) in [5.41, 5.74) is -0.461. The first-order chi connectivity index (χ1) is 6.32. The molecule has 1 aromatic carbocycles. The van der Waals surface area contributed by atoms with Gasteiger partial charge in [0.05, 0.1) is 5.56 Å². The maximum Gasteiger partial charge on any atom is 0.418 e. The maximum atomic E-state index is 12.5. The van der Waals surface area contributed by atoms with Gasteiger partial charge in [0.15, 0.2) is 0 Å². The highest BCUT2D eigenvalue weighted by atomic mass is 79.9. The number of anilines is 1. The van der Waals surface area contributed by atoms with Crippen molar-refractivity contribution >= 4 is 21.6 Å². The number of hydrogen-bond donors (Lipinski definition) is 0. The van der Waals surface area contributed by atoms with Crippen LogP contribution in [0.4, 0.5) is 18.9 Å². The van der Waals surface area contributed by atoms with Gasteiger partial charge in [0.2, 0.25) is 0 Å². The molecule has 0 atom stereocenters. The molecule has 1 rings (SSSR count). The highest BCUT2D eigenvalue weighted by Gasteiger charge is 2.34. The van der Waals surface area contributed by atoms with Crippen molar-refractivity contribution in [1.29, 1.82) is 0 Å². The summed E-state index contributed by atoms with van der Waals surface area (Å²) in [6.07, 6.45) is -4.32. The summed E-state index contributed by atoms with van der Waals surface area (Å²) in [4.78, 5) is 1.44. The van der Waals surface area contributed by atoms with E-state index in [0.29, 0.717) is 4.47 Å². The topological polar surface area (TPSA) is 3.24 Å². The average molecular weight is 268 g/mol. The summed E-state index contributed by atoms with van der Waals surface area (Å²) in [6, 6.07) is 4.10. The van der Waals surface area contributed by atoms with Crippen molar-refractivity contribution in [2.45, 2.75) is 6.18 Å². The highest BCUT2D eigenvalue weighted by molar-refractivity contribution is 9.10. The number of halogens is 4. The summed E-state index contributed by atoms with van der Waals surface area (Å²) in [5.74, 6) is 0. The minimum Gasteiger partial charge on any atom is -0.377 e. The van der Waals surface area contributed by atoms with Crippen molar-refractivity contribution < 1.29 is 13.2 Å². The lowest BCUT2D eigenvalue weighted by Gasteiger charge is -2.19. The van der Waals surface area contributed by atoms with Gasteiger partial charge in [-0.25, -0.2) is 0 Å². The maximum absolute atomic E-state index is 12.5. The van der Waals surface area contributed by atoms with Gasteiger partial charge in [-0.15, -0.1) is 0 Å². The molecule has 0 bridgehead atoms. The van der Waals surface area contributed by atoms with Gasteiger partial charge in [-0.2, -0.15) is 13.2 Å². The van der Waals surface area contributed by atoms with E-state index in [-0.39, 0.29) is 5.69 Å². The zero-order valence-corrected chi connectivity index (χ0v) is 9.28. The van der Waals surface area contributed by atoms with Crippen LogP contribution in [0.1, 0.15) is 5.56 Å². The van der Waals surface area contributed by atoms with Crippen LogP contribution in [-0.4, -0.2) is 14.1 Å². The third kappa shape index (κ3) is 2.41. The molecule has 0 aliphatic rings. The molecule has 1 nitrogen and oxygen atoms in total. The molecule has 14 heavy (non-hydrogen) atoms. The molecule has 0 N–H and O–H groups in total. The van der Waals surface area contributed by atoms with E-state index in [1.54, 1.807) is 20.2 Å². The fraction of sp³-hybridized carbons (Fsp3) is 0.333. The Balaban J connectivity index is 3.30. The minimum absolute atomic E-state index is 0.167. The molecule has 1 aromatic rings. The van der Waals surface area contributed by atoms with Gasteiger partial charge >= 0.3 is 6.18 Å². The largest absolute Gasteiger partial charge is 0.418 e. The molecule has 0 fully saturated rings. The van der Waals surface area contributed by atoms with Crippen LogP contribution in [0, 0.1) is 0 Å². The minimum atomic E-state index is -4.32. The van der Waals surface area contributed by atoms with Crippen molar-refractivity contribution in [3.63, 3.8) is 0 Å². The van der Waals surface area contributed by atoms with Crippen LogP contribution in [0.2, 0.25) is 0 Å². The van der Waals surface area contributed by atoms with Crippen molar-refractivity contribution in [3.05, 3.63) is 28.2 Å². The molecule has 0 amide bonds. The van der Waals surface area contributed by atoms with Gasteiger partial charge in [-0.3, -0.25) is 0 Å². The van der Waals surface area contributed by atoms with Crippen molar-refractivity contribution in [2.75, 3.05) is 19.0 Å². The van der Waals surface area contributed by atoms with Gasteiger partial charge in [0.25, 0.3) is 0 Å². The van der Waals surface area contributed by atoms with Crippen LogP contribution in [0.15, 0.2) is 22.7 Å². The van der Waals surface area contributed by atoms with Crippen LogP contribution in [0.5, 0.6) is 0 Å². The number of rotatable bonds is 1. The SMILES string of the molecule is CN(C)c1ccc(Br)cc1C(F)(F)F. The molecule has 0 unspecified atom stereocenters. The summed E-state index contributed by atoms with van der Waals surface area (Å²) < 4.78 is 38.0. The van der Waals surface area contributed by atoms with E-state index < -0.39 is 11.7 Å². The summed E-state index contributed by atoms with van der Waals surface area (Å²) in [6.45, 7) is 0. The molecule has 0 saturated heterocycles. The fourth-order valence-electron chi connectivity index (χ4n) is 1.13.